The van der Waals surface area contributed by atoms with Crippen LogP contribution < -0.4 is 5.32 Å². The highest BCUT2D eigenvalue weighted by molar-refractivity contribution is 6.12. The van der Waals surface area contributed by atoms with E-state index in [4.69, 9.17) is 4.74 Å². The van der Waals surface area contributed by atoms with Crippen molar-refractivity contribution in [1.29, 1.82) is 0 Å². The van der Waals surface area contributed by atoms with Crippen molar-refractivity contribution in [3.8, 4) is 0 Å². The third kappa shape index (κ3) is 4.42. The lowest BCUT2D eigenvalue weighted by atomic mass is 10.1. The van der Waals surface area contributed by atoms with Crippen LogP contribution in [0.2, 0.25) is 0 Å². The van der Waals surface area contributed by atoms with Gasteiger partial charge in [0.1, 0.15) is 17.3 Å². The summed E-state index contributed by atoms with van der Waals surface area (Å²) >= 11 is 0. The number of unbranched alkanes of at least 4 members (excludes halogenated alkanes) is 1. The second-order valence-electron chi connectivity index (χ2n) is 7.16. The van der Waals surface area contributed by atoms with Gasteiger partial charge in [0.2, 0.25) is 0 Å². The first-order valence-electron chi connectivity index (χ1n) is 9.84. The first-order valence-corrected chi connectivity index (χ1v) is 9.84. The first-order chi connectivity index (χ1) is 13.5. The Bertz CT molecular complexity index is 966. The van der Waals surface area contributed by atoms with Gasteiger partial charge in [0.25, 0.3) is 0 Å². The number of aryl methyl sites for hydroxylation is 1. The second kappa shape index (κ2) is 9.01. The molecule has 0 aliphatic heterocycles. The maximum atomic E-state index is 11.8. The van der Waals surface area contributed by atoms with Gasteiger partial charge in [-0.15, -0.1) is 0 Å². The number of carbonyl (C=O) groups excluding carboxylic acids is 1. The molecule has 0 saturated carbocycles. The van der Waals surface area contributed by atoms with Crippen molar-refractivity contribution in [2.24, 2.45) is 0 Å². The molecule has 0 saturated heterocycles. The number of H-pyrrole nitrogens is 1. The van der Waals surface area contributed by atoms with Crippen LogP contribution in [0.4, 0.5) is 5.82 Å². The number of esters is 1. The molecule has 0 amide bonds. The van der Waals surface area contributed by atoms with Crippen LogP contribution in [-0.4, -0.2) is 59.6 Å². The zero-order valence-electron chi connectivity index (χ0n) is 17.1. The summed E-state index contributed by atoms with van der Waals surface area (Å²) in [4.78, 5) is 26.6. The first kappa shape index (κ1) is 20.1. The summed E-state index contributed by atoms with van der Waals surface area (Å²) in [6.45, 7) is 7.13. The average molecular weight is 383 g/mol. The lowest BCUT2D eigenvalue weighted by Gasteiger charge is -2.16. The third-order valence-corrected chi connectivity index (χ3v) is 4.89. The Morgan fingerprint density at radius 2 is 2.04 bits per heavy atom. The van der Waals surface area contributed by atoms with Crippen LogP contribution in [0.15, 0.2) is 18.2 Å². The van der Waals surface area contributed by atoms with Crippen LogP contribution in [-0.2, 0) is 4.74 Å². The number of nitrogens with one attached hydrogen (secondary N) is 2. The van der Waals surface area contributed by atoms with Crippen molar-refractivity contribution in [1.82, 2.24) is 19.9 Å². The highest BCUT2D eigenvalue weighted by Crippen LogP contribution is 2.30. The molecular formula is C21H29N5O2. The summed E-state index contributed by atoms with van der Waals surface area (Å²) < 4.78 is 4.81. The summed E-state index contributed by atoms with van der Waals surface area (Å²) in [7, 11) is 3.55. The molecule has 3 rings (SSSR count). The molecule has 2 N–H and O–H groups in total. The molecule has 7 nitrogen and oxygen atoms in total. The van der Waals surface area contributed by atoms with Crippen molar-refractivity contribution in [3.63, 3.8) is 0 Å². The normalized spacial score (nSPS) is 11.5. The number of benzene rings is 1. The number of rotatable bonds is 9. The Labute approximate surface area is 165 Å². The van der Waals surface area contributed by atoms with E-state index in [0.717, 1.165) is 53.8 Å². The van der Waals surface area contributed by atoms with E-state index in [1.807, 2.05) is 13.0 Å². The van der Waals surface area contributed by atoms with Crippen molar-refractivity contribution in [2.75, 3.05) is 39.1 Å². The number of aromatic nitrogens is 3. The molecule has 0 spiro atoms. The van der Waals surface area contributed by atoms with Gasteiger partial charge in [-0.05, 0) is 52.0 Å². The van der Waals surface area contributed by atoms with E-state index in [2.05, 4.69) is 39.1 Å². The van der Waals surface area contributed by atoms with Gasteiger partial charge in [0.05, 0.1) is 18.1 Å². The highest BCUT2D eigenvalue weighted by Gasteiger charge is 2.14. The molecule has 150 valence electrons. The molecule has 0 bridgehead atoms. The van der Waals surface area contributed by atoms with E-state index >= 15 is 0 Å². The van der Waals surface area contributed by atoms with Crippen molar-refractivity contribution in [2.45, 2.75) is 33.1 Å². The predicted octanol–water partition coefficient (Wildman–Crippen LogP) is 3.74. The minimum Gasteiger partial charge on any atom is -0.465 e. The Morgan fingerprint density at radius 1 is 1.25 bits per heavy atom. The Kier molecular flexibility index (Phi) is 6.46. The van der Waals surface area contributed by atoms with E-state index < -0.39 is 0 Å². The van der Waals surface area contributed by atoms with E-state index in [0.29, 0.717) is 11.4 Å². The van der Waals surface area contributed by atoms with Gasteiger partial charge in [0, 0.05) is 17.4 Å². The maximum Gasteiger partial charge on any atom is 0.337 e. The maximum absolute atomic E-state index is 11.8. The minimum absolute atomic E-state index is 0.353. The number of hydrogen-bond donors (Lipinski definition) is 2. The summed E-state index contributed by atoms with van der Waals surface area (Å²) in [5.41, 5.74) is 2.13. The SMILES string of the molecule is CCCCN(C)CCCNc1nc(C)nc2[nH]c3cc(C(=O)OC)ccc3c12. The summed E-state index contributed by atoms with van der Waals surface area (Å²) in [6.07, 6.45) is 3.50. The smallest absolute Gasteiger partial charge is 0.337 e. The number of fused-ring (bicyclic) bond motifs is 3. The van der Waals surface area contributed by atoms with E-state index in [-0.39, 0.29) is 5.97 Å². The number of aromatic amines is 1. The fraction of sp³-hybridized carbons (Fsp3) is 0.476. The zero-order chi connectivity index (χ0) is 20.1. The highest BCUT2D eigenvalue weighted by atomic mass is 16.5. The van der Waals surface area contributed by atoms with Crippen LogP contribution in [0, 0.1) is 6.92 Å². The van der Waals surface area contributed by atoms with Gasteiger partial charge in [-0.1, -0.05) is 19.4 Å². The Balaban J connectivity index is 1.81. The monoisotopic (exact) mass is 383 g/mol. The summed E-state index contributed by atoms with van der Waals surface area (Å²) in [6, 6.07) is 5.49. The number of ether oxygens (including phenoxy) is 1. The minimum atomic E-state index is -0.353. The molecule has 0 radical (unpaired) electrons. The van der Waals surface area contributed by atoms with Crippen LogP contribution in [0.3, 0.4) is 0 Å². The number of nitrogens with zero attached hydrogens (tertiary/aromatic N) is 3. The number of methoxy groups -OCH3 is 1. The molecule has 1 aromatic carbocycles. The quantitative estimate of drug-likeness (QED) is 0.433. The fourth-order valence-corrected chi connectivity index (χ4v) is 3.38. The molecule has 28 heavy (non-hydrogen) atoms. The molecule has 0 atom stereocenters. The summed E-state index contributed by atoms with van der Waals surface area (Å²) in [5.74, 6) is 1.18. The molecule has 0 unspecified atom stereocenters. The largest absolute Gasteiger partial charge is 0.465 e. The second-order valence-corrected chi connectivity index (χ2v) is 7.16. The Morgan fingerprint density at radius 3 is 2.79 bits per heavy atom. The number of anilines is 1. The number of carbonyl (C=O) groups is 1. The molecule has 2 heterocycles. The van der Waals surface area contributed by atoms with Gasteiger partial charge in [0.15, 0.2) is 0 Å². The van der Waals surface area contributed by atoms with Gasteiger partial charge in [-0.2, -0.15) is 0 Å². The van der Waals surface area contributed by atoms with Crippen molar-refractivity contribution < 1.29 is 9.53 Å². The zero-order valence-corrected chi connectivity index (χ0v) is 17.1. The van der Waals surface area contributed by atoms with Gasteiger partial charge in [-0.25, -0.2) is 14.8 Å². The topological polar surface area (TPSA) is 83.1 Å². The van der Waals surface area contributed by atoms with Crippen LogP contribution in [0.25, 0.3) is 21.9 Å². The van der Waals surface area contributed by atoms with Crippen molar-refractivity contribution >= 4 is 33.7 Å². The van der Waals surface area contributed by atoms with Crippen LogP contribution in [0.1, 0.15) is 42.4 Å². The standard InChI is InChI=1S/C21H29N5O2/c1-5-6-11-26(3)12-7-10-22-19-18-16-9-8-15(21(27)28-4)13-17(16)25-20(18)24-14(2)23-19/h8-9,13H,5-7,10-12H2,1-4H3,(H2,22,23,24,25). The molecule has 2 aromatic heterocycles. The predicted molar refractivity (Wildman–Crippen MR) is 113 cm³/mol. The molecular weight excluding hydrogens is 354 g/mol. The lowest BCUT2D eigenvalue weighted by Crippen LogP contribution is -2.22. The van der Waals surface area contributed by atoms with Gasteiger partial charge in [-0.3, -0.25) is 0 Å². The van der Waals surface area contributed by atoms with E-state index in [1.165, 1.54) is 20.0 Å². The Hall–Kier alpha value is -2.67. The average Bonchev–Trinajstić information content (AvgIpc) is 3.05. The van der Waals surface area contributed by atoms with Crippen LogP contribution in [0.5, 0.6) is 0 Å². The van der Waals surface area contributed by atoms with E-state index in [9.17, 15) is 4.79 Å². The number of hydrogen-bond acceptors (Lipinski definition) is 6. The van der Waals surface area contributed by atoms with Gasteiger partial charge < -0.3 is 19.9 Å². The molecule has 0 aliphatic carbocycles. The lowest BCUT2D eigenvalue weighted by molar-refractivity contribution is 0.0601. The van der Waals surface area contributed by atoms with Crippen LogP contribution >= 0.6 is 0 Å². The third-order valence-electron chi connectivity index (χ3n) is 4.89. The van der Waals surface area contributed by atoms with E-state index in [1.54, 1.807) is 12.1 Å². The molecule has 0 fully saturated rings. The fourth-order valence-electron chi connectivity index (χ4n) is 3.38. The van der Waals surface area contributed by atoms with Gasteiger partial charge >= 0.3 is 5.97 Å². The molecule has 3 aromatic rings. The molecule has 0 aliphatic rings. The van der Waals surface area contributed by atoms with Crippen molar-refractivity contribution in [3.05, 3.63) is 29.6 Å². The molecule has 7 heteroatoms. The summed E-state index contributed by atoms with van der Waals surface area (Å²) in [5, 5.41) is 5.42.